The van der Waals surface area contributed by atoms with Gasteiger partial charge < -0.3 is 9.32 Å². The van der Waals surface area contributed by atoms with Gasteiger partial charge in [-0.1, -0.05) is 36.4 Å². The van der Waals surface area contributed by atoms with E-state index in [0.717, 1.165) is 5.56 Å². The van der Waals surface area contributed by atoms with E-state index in [9.17, 15) is 13.2 Å². The molecule has 160 valence electrons. The summed E-state index contributed by atoms with van der Waals surface area (Å²) in [5, 5.41) is 8.95. The topological polar surface area (TPSA) is 103 Å². The summed E-state index contributed by atoms with van der Waals surface area (Å²) < 4.78 is 33.5. The summed E-state index contributed by atoms with van der Waals surface area (Å²) in [5.41, 5.74) is 1.75. The Balaban J connectivity index is 1.84. The molecule has 31 heavy (non-hydrogen) atoms. The van der Waals surface area contributed by atoms with Crippen molar-refractivity contribution in [1.82, 2.24) is 9.62 Å². The standard InChI is InChI=1S/C23H23N3O4S/c1-18-10-11-21(31(28,29)25-16-19-7-3-2-4-8-19)15-22(18)23(27)26(13-6-12-24)17-20-9-5-14-30-20/h2-5,7-11,14-15,25H,6,13,16-17H2,1H3. The largest absolute Gasteiger partial charge is 0.467 e. The van der Waals surface area contributed by atoms with Gasteiger partial charge in [0, 0.05) is 18.7 Å². The zero-order valence-electron chi connectivity index (χ0n) is 17.1. The van der Waals surface area contributed by atoms with Crippen molar-refractivity contribution in [3.05, 3.63) is 89.4 Å². The molecule has 0 aliphatic heterocycles. The fourth-order valence-corrected chi connectivity index (χ4v) is 4.10. The highest BCUT2D eigenvalue weighted by molar-refractivity contribution is 7.89. The van der Waals surface area contributed by atoms with Crippen LogP contribution in [-0.2, 0) is 23.1 Å². The fraction of sp³-hybridized carbons (Fsp3) is 0.217. The van der Waals surface area contributed by atoms with Gasteiger partial charge in [-0.3, -0.25) is 4.79 Å². The van der Waals surface area contributed by atoms with Gasteiger partial charge in [-0.25, -0.2) is 13.1 Å². The highest BCUT2D eigenvalue weighted by atomic mass is 32.2. The third-order valence-corrected chi connectivity index (χ3v) is 6.17. The highest BCUT2D eigenvalue weighted by Gasteiger charge is 2.22. The van der Waals surface area contributed by atoms with Crippen LogP contribution >= 0.6 is 0 Å². The van der Waals surface area contributed by atoms with Crippen LogP contribution in [0.15, 0.2) is 76.2 Å². The Bertz CT molecular complexity index is 1170. The minimum atomic E-state index is -3.82. The second-order valence-corrected chi connectivity index (χ2v) is 8.77. The van der Waals surface area contributed by atoms with Gasteiger partial charge in [-0.2, -0.15) is 5.26 Å². The lowest BCUT2D eigenvalue weighted by atomic mass is 10.1. The molecule has 7 nitrogen and oxygen atoms in total. The van der Waals surface area contributed by atoms with Crippen molar-refractivity contribution in [3.8, 4) is 6.07 Å². The smallest absolute Gasteiger partial charge is 0.254 e. The molecule has 0 saturated carbocycles. The van der Waals surface area contributed by atoms with Crippen LogP contribution in [0.25, 0.3) is 0 Å². The van der Waals surface area contributed by atoms with Gasteiger partial charge in [0.2, 0.25) is 10.0 Å². The van der Waals surface area contributed by atoms with Crippen LogP contribution in [0.5, 0.6) is 0 Å². The molecule has 1 N–H and O–H groups in total. The van der Waals surface area contributed by atoms with E-state index in [0.29, 0.717) is 11.3 Å². The summed E-state index contributed by atoms with van der Waals surface area (Å²) in [5.74, 6) is 0.224. The number of carbonyl (C=O) groups excluding carboxylic acids is 1. The molecule has 0 unspecified atom stereocenters. The summed E-state index contributed by atoms with van der Waals surface area (Å²) in [6, 6.07) is 19.2. The van der Waals surface area contributed by atoms with Crippen LogP contribution < -0.4 is 4.72 Å². The van der Waals surface area contributed by atoms with Crippen molar-refractivity contribution < 1.29 is 17.6 Å². The zero-order chi connectivity index (χ0) is 22.3. The molecule has 8 heteroatoms. The first-order valence-corrected chi connectivity index (χ1v) is 11.2. The molecule has 0 aliphatic rings. The van der Waals surface area contributed by atoms with E-state index >= 15 is 0 Å². The molecule has 3 aromatic rings. The maximum Gasteiger partial charge on any atom is 0.254 e. The van der Waals surface area contributed by atoms with E-state index < -0.39 is 10.0 Å². The number of furan rings is 1. The second kappa shape index (κ2) is 10.1. The average molecular weight is 438 g/mol. The zero-order valence-corrected chi connectivity index (χ0v) is 17.9. The second-order valence-electron chi connectivity index (χ2n) is 7.00. The predicted molar refractivity (Wildman–Crippen MR) is 115 cm³/mol. The van der Waals surface area contributed by atoms with Crippen LogP contribution in [0.3, 0.4) is 0 Å². The molecule has 0 bridgehead atoms. The molecule has 1 heterocycles. The number of nitrogens with zero attached hydrogens (tertiary/aromatic N) is 2. The monoisotopic (exact) mass is 437 g/mol. The molecule has 2 aromatic carbocycles. The first-order valence-electron chi connectivity index (χ1n) is 9.73. The third-order valence-electron chi connectivity index (χ3n) is 4.77. The summed E-state index contributed by atoms with van der Waals surface area (Å²) in [4.78, 5) is 14.7. The Kier molecular flexibility index (Phi) is 7.23. The van der Waals surface area contributed by atoms with Crippen LogP contribution in [-0.4, -0.2) is 25.8 Å². The van der Waals surface area contributed by atoms with Crippen LogP contribution in [0.2, 0.25) is 0 Å². The molecular formula is C23H23N3O4S. The summed E-state index contributed by atoms with van der Waals surface area (Å²) >= 11 is 0. The molecule has 0 radical (unpaired) electrons. The van der Waals surface area contributed by atoms with Crippen molar-refractivity contribution in [3.63, 3.8) is 0 Å². The van der Waals surface area contributed by atoms with Crippen molar-refractivity contribution in [2.75, 3.05) is 6.54 Å². The number of hydrogen-bond acceptors (Lipinski definition) is 5. The van der Waals surface area contributed by atoms with Gasteiger partial charge >= 0.3 is 0 Å². The lowest BCUT2D eigenvalue weighted by molar-refractivity contribution is 0.0734. The average Bonchev–Trinajstić information content (AvgIpc) is 3.29. The van der Waals surface area contributed by atoms with Gasteiger partial charge in [-0.05, 0) is 42.3 Å². The Labute approximate surface area is 182 Å². The van der Waals surface area contributed by atoms with Crippen molar-refractivity contribution >= 4 is 15.9 Å². The lowest BCUT2D eigenvalue weighted by Gasteiger charge is -2.22. The molecule has 1 amide bonds. The predicted octanol–water partition coefficient (Wildman–Crippen LogP) is 3.62. The number of sulfonamides is 1. The normalized spacial score (nSPS) is 11.1. The van der Waals surface area contributed by atoms with Gasteiger partial charge in [0.25, 0.3) is 5.91 Å². The Morgan fingerprint density at radius 1 is 1.13 bits per heavy atom. The van der Waals surface area contributed by atoms with Gasteiger partial charge in [0.05, 0.1) is 30.2 Å². The van der Waals surface area contributed by atoms with Crippen LogP contribution in [0, 0.1) is 18.3 Å². The molecular weight excluding hydrogens is 414 g/mol. The lowest BCUT2D eigenvalue weighted by Crippen LogP contribution is -2.32. The number of nitriles is 1. The molecule has 0 atom stereocenters. The minimum Gasteiger partial charge on any atom is -0.467 e. The minimum absolute atomic E-state index is 0.00983. The maximum absolute atomic E-state index is 13.2. The molecule has 0 saturated heterocycles. The number of benzene rings is 2. The van der Waals surface area contributed by atoms with E-state index in [1.54, 1.807) is 25.1 Å². The van der Waals surface area contributed by atoms with Crippen molar-refractivity contribution in [2.45, 2.75) is 31.3 Å². The number of rotatable bonds is 9. The molecule has 3 rings (SSSR count). The van der Waals surface area contributed by atoms with Gasteiger partial charge in [0.15, 0.2) is 0 Å². The summed E-state index contributed by atoms with van der Waals surface area (Å²) in [6.07, 6.45) is 1.67. The maximum atomic E-state index is 13.2. The first-order chi connectivity index (χ1) is 14.9. The quantitative estimate of drug-likeness (QED) is 0.551. The SMILES string of the molecule is Cc1ccc(S(=O)(=O)NCc2ccccc2)cc1C(=O)N(CCC#N)Cc1ccco1. The Morgan fingerprint density at radius 3 is 2.58 bits per heavy atom. The molecule has 1 aromatic heterocycles. The van der Waals surface area contributed by atoms with E-state index in [1.807, 2.05) is 36.4 Å². The number of nitrogens with one attached hydrogen (secondary N) is 1. The van der Waals surface area contributed by atoms with E-state index in [4.69, 9.17) is 9.68 Å². The summed E-state index contributed by atoms with van der Waals surface area (Å²) in [7, 11) is -3.82. The molecule has 0 aliphatic carbocycles. The number of hydrogen-bond donors (Lipinski definition) is 1. The number of aryl methyl sites for hydroxylation is 1. The van der Waals surface area contributed by atoms with E-state index in [-0.39, 0.29) is 42.4 Å². The van der Waals surface area contributed by atoms with Crippen molar-refractivity contribution in [1.29, 1.82) is 5.26 Å². The van der Waals surface area contributed by atoms with Crippen molar-refractivity contribution in [2.24, 2.45) is 0 Å². The number of carbonyl (C=O) groups is 1. The molecule has 0 spiro atoms. The Morgan fingerprint density at radius 2 is 1.90 bits per heavy atom. The fourth-order valence-electron chi connectivity index (χ4n) is 3.05. The van der Waals surface area contributed by atoms with E-state index in [2.05, 4.69) is 4.72 Å². The van der Waals surface area contributed by atoms with Gasteiger partial charge in [0.1, 0.15) is 5.76 Å². The third kappa shape index (κ3) is 5.81. The summed E-state index contributed by atoms with van der Waals surface area (Å²) in [6.45, 7) is 2.29. The number of amides is 1. The van der Waals surface area contributed by atoms with Gasteiger partial charge in [-0.15, -0.1) is 0 Å². The van der Waals surface area contributed by atoms with Crippen LogP contribution in [0.1, 0.15) is 33.7 Å². The van der Waals surface area contributed by atoms with E-state index in [1.165, 1.54) is 23.3 Å². The Hall–Kier alpha value is -3.41. The molecule has 0 fully saturated rings. The first kappa shape index (κ1) is 22.3. The van der Waals surface area contributed by atoms with Crippen LogP contribution in [0.4, 0.5) is 0 Å². The highest BCUT2D eigenvalue weighted by Crippen LogP contribution is 2.19.